The van der Waals surface area contributed by atoms with Crippen molar-refractivity contribution in [3.05, 3.63) is 18.0 Å². The average Bonchev–Trinajstić information content (AvgIpc) is 2.97. The lowest BCUT2D eigenvalue weighted by atomic mass is 9.78. The van der Waals surface area contributed by atoms with E-state index in [0.717, 1.165) is 32.5 Å². The maximum Gasteiger partial charge on any atom is 0.0703 e. The Balaban J connectivity index is 1.60. The molecule has 0 amide bonds. The molecule has 1 aliphatic carbocycles. The van der Waals surface area contributed by atoms with E-state index in [1.54, 1.807) is 0 Å². The molecule has 1 aromatic rings. The molecule has 0 bridgehead atoms. The Labute approximate surface area is 128 Å². The number of hydrogen-bond acceptors (Lipinski definition) is 3. The molecule has 1 spiro atoms. The van der Waals surface area contributed by atoms with E-state index in [4.69, 9.17) is 4.74 Å². The molecule has 3 rings (SSSR count). The van der Waals surface area contributed by atoms with Gasteiger partial charge in [-0.15, -0.1) is 0 Å². The van der Waals surface area contributed by atoms with Gasteiger partial charge in [0, 0.05) is 24.9 Å². The molecule has 1 N–H and O–H groups in total. The van der Waals surface area contributed by atoms with Crippen molar-refractivity contribution in [3.8, 4) is 0 Å². The number of rotatable bonds is 5. The van der Waals surface area contributed by atoms with Gasteiger partial charge in [0.25, 0.3) is 0 Å². The second-order valence-corrected chi connectivity index (χ2v) is 6.74. The number of nitrogens with zero attached hydrogens (tertiary/aromatic N) is 2. The monoisotopic (exact) mass is 291 g/mol. The first-order chi connectivity index (χ1) is 10.3. The molecule has 4 heteroatoms. The molecule has 0 radical (unpaired) electrons. The predicted molar refractivity (Wildman–Crippen MR) is 84.3 cm³/mol. The summed E-state index contributed by atoms with van der Waals surface area (Å²) in [5, 5.41) is 8.06. The maximum atomic E-state index is 6.19. The Morgan fingerprint density at radius 3 is 3.05 bits per heavy atom. The summed E-state index contributed by atoms with van der Waals surface area (Å²) >= 11 is 0. The molecule has 2 heterocycles. The molecule has 1 aromatic heterocycles. The SMILES string of the molecule is CCCNCc1cnn(C2CCOC3(CCCCC3)C2)c1. The molecule has 1 saturated heterocycles. The summed E-state index contributed by atoms with van der Waals surface area (Å²) in [4.78, 5) is 0. The van der Waals surface area contributed by atoms with Gasteiger partial charge < -0.3 is 10.1 Å². The van der Waals surface area contributed by atoms with Crippen molar-refractivity contribution >= 4 is 0 Å². The Hall–Kier alpha value is -0.870. The van der Waals surface area contributed by atoms with Crippen LogP contribution in [0.1, 0.15) is 69.9 Å². The van der Waals surface area contributed by atoms with Crippen LogP contribution in [0.25, 0.3) is 0 Å². The quantitative estimate of drug-likeness (QED) is 0.845. The van der Waals surface area contributed by atoms with Crippen LogP contribution in [0, 0.1) is 0 Å². The third-order valence-electron chi connectivity index (χ3n) is 5.02. The molecule has 1 atom stereocenters. The predicted octanol–water partition coefficient (Wildman–Crippen LogP) is 3.44. The first kappa shape index (κ1) is 15.0. The summed E-state index contributed by atoms with van der Waals surface area (Å²) in [6.07, 6.45) is 14.2. The van der Waals surface area contributed by atoms with Gasteiger partial charge in [0.1, 0.15) is 0 Å². The Morgan fingerprint density at radius 2 is 2.24 bits per heavy atom. The van der Waals surface area contributed by atoms with Crippen molar-refractivity contribution in [1.29, 1.82) is 0 Å². The van der Waals surface area contributed by atoms with Gasteiger partial charge in [-0.1, -0.05) is 26.2 Å². The minimum Gasteiger partial charge on any atom is -0.375 e. The van der Waals surface area contributed by atoms with E-state index in [2.05, 4.69) is 28.2 Å². The van der Waals surface area contributed by atoms with Crippen molar-refractivity contribution in [1.82, 2.24) is 15.1 Å². The van der Waals surface area contributed by atoms with E-state index >= 15 is 0 Å². The molecule has 21 heavy (non-hydrogen) atoms. The van der Waals surface area contributed by atoms with Crippen LogP contribution < -0.4 is 5.32 Å². The van der Waals surface area contributed by atoms with Crippen LogP contribution in [0.15, 0.2) is 12.4 Å². The van der Waals surface area contributed by atoms with E-state index < -0.39 is 0 Å². The van der Waals surface area contributed by atoms with Gasteiger partial charge in [-0.05, 0) is 38.6 Å². The van der Waals surface area contributed by atoms with Gasteiger partial charge in [-0.25, -0.2) is 0 Å². The lowest BCUT2D eigenvalue weighted by Gasteiger charge is -2.43. The highest BCUT2D eigenvalue weighted by molar-refractivity contribution is 5.05. The van der Waals surface area contributed by atoms with Gasteiger partial charge in [-0.2, -0.15) is 5.10 Å². The van der Waals surface area contributed by atoms with Crippen LogP contribution in [0.5, 0.6) is 0 Å². The first-order valence-electron chi connectivity index (χ1n) is 8.69. The zero-order valence-corrected chi connectivity index (χ0v) is 13.3. The smallest absolute Gasteiger partial charge is 0.0703 e. The standard InChI is InChI=1S/C17H29N3O/c1-2-9-18-12-15-13-19-20(14-15)16-6-10-21-17(11-16)7-4-3-5-8-17/h13-14,16,18H,2-12H2,1H3. The van der Waals surface area contributed by atoms with Gasteiger partial charge in [-0.3, -0.25) is 4.68 Å². The molecule has 4 nitrogen and oxygen atoms in total. The fraction of sp³-hybridized carbons (Fsp3) is 0.824. The number of hydrogen-bond donors (Lipinski definition) is 1. The van der Waals surface area contributed by atoms with Gasteiger partial charge in [0.15, 0.2) is 0 Å². The second-order valence-electron chi connectivity index (χ2n) is 6.74. The van der Waals surface area contributed by atoms with E-state index in [9.17, 15) is 0 Å². The number of aromatic nitrogens is 2. The molecule has 118 valence electrons. The molecular formula is C17H29N3O. The van der Waals surface area contributed by atoms with E-state index in [1.165, 1.54) is 44.1 Å². The Bertz CT molecular complexity index is 431. The Morgan fingerprint density at radius 1 is 1.38 bits per heavy atom. The van der Waals surface area contributed by atoms with Crippen molar-refractivity contribution in [2.75, 3.05) is 13.2 Å². The second kappa shape index (κ2) is 6.93. The maximum absolute atomic E-state index is 6.19. The fourth-order valence-electron chi connectivity index (χ4n) is 3.85. The molecular weight excluding hydrogens is 262 g/mol. The van der Waals surface area contributed by atoms with Crippen molar-refractivity contribution < 1.29 is 4.74 Å². The molecule has 1 saturated carbocycles. The minimum atomic E-state index is 0.160. The highest BCUT2D eigenvalue weighted by Crippen LogP contribution is 2.42. The number of ether oxygens (including phenoxy) is 1. The molecule has 2 aliphatic rings. The lowest BCUT2D eigenvalue weighted by Crippen LogP contribution is -2.42. The van der Waals surface area contributed by atoms with E-state index in [0.29, 0.717) is 6.04 Å². The summed E-state index contributed by atoms with van der Waals surface area (Å²) in [5.41, 5.74) is 1.46. The van der Waals surface area contributed by atoms with Crippen LogP contribution in [-0.4, -0.2) is 28.5 Å². The molecule has 1 aliphatic heterocycles. The zero-order chi connectivity index (χ0) is 14.5. The zero-order valence-electron chi connectivity index (χ0n) is 13.3. The van der Waals surface area contributed by atoms with Gasteiger partial charge in [0.05, 0.1) is 17.8 Å². The largest absolute Gasteiger partial charge is 0.375 e. The Kier molecular flexibility index (Phi) is 4.96. The van der Waals surface area contributed by atoms with Gasteiger partial charge >= 0.3 is 0 Å². The normalized spacial score (nSPS) is 25.3. The van der Waals surface area contributed by atoms with Crippen LogP contribution in [0.3, 0.4) is 0 Å². The van der Waals surface area contributed by atoms with E-state index in [1.807, 2.05) is 6.20 Å². The third-order valence-corrected chi connectivity index (χ3v) is 5.02. The van der Waals surface area contributed by atoms with Crippen LogP contribution in [0.4, 0.5) is 0 Å². The summed E-state index contributed by atoms with van der Waals surface area (Å²) < 4.78 is 8.39. The summed E-state index contributed by atoms with van der Waals surface area (Å²) in [6.45, 7) is 5.10. The highest BCUT2D eigenvalue weighted by atomic mass is 16.5. The summed E-state index contributed by atoms with van der Waals surface area (Å²) in [7, 11) is 0. The summed E-state index contributed by atoms with van der Waals surface area (Å²) in [6, 6.07) is 0.525. The third kappa shape index (κ3) is 3.67. The van der Waals surface area contributed by atoms with Crippen LogP contribution in [0.2, 0.25) is 0 Å². The van der Waals surface area contributed by atoms with Gasteiger partial charge in [0.2, 0.25) is 0 Å². The van der Waals surface area contributed by atoms with E-state index in [-0.39, 0.29) is 5.60 Å². The fourth-order valence-corrected chi connectivity index (χ4v) is 3.85. The summed E-state index contributed by atoms with van der Waals surface area (Å²) in [5.74, 6) is 0. The highest BCUT2D eigenvalue weighted by Gasteiger charge is 2.39. The van der Waals surface area contributed by atoms with Crippen LogP contribution >= 0.6 is 0 Å². The van der Waals surface area contributed by atoms with Crippen LogP contribution in [-0.2, 0) is 11.3 Å². The van der Waals surface area contributed by atoms with Crippen molar-refractivity contribution in [2.45, 2.75) is 76.5 Å². The molecule has 1 unspecified atom stereocenters. The first-order valence-corrected chi connectivity index (χ1v) is 8.69. The minimum absolute atomic E-state index is 0.160. The van der Waals surface area contributed by atoms with Crippen molar-refractivity contribution in [3.63, 3.8) is 0 Å². The van der Waals surface area contributed by atoms with Crippen molar-refractivity contribution in [2.24, 2.45) is 0 Å². The molecule has 0 aromatic carbocycles. The lowest BCUT2D eigenvalue weighted by molar-refractivity contribution is -0.115. The average molecular weight is 291 g/mol. The number of nitrogens with one attached hydrogen (secondary N) is 1. The molecule has 2 fully saturated rings. The topological polar surface area (TPSA) is 39.1 Å².